The number of nitrogens with zero attached hydrogens (tertiary/aromatic N) is 4. The minimum Gasteiger partial charge on any atom is -0.355 e. The Balaban J connectivity index is 1.56. The number of anilines is 1. The normalized spacial score (nSPS) is 17.0. The van der Waals surface area contributed by atoms with E-state index in [1.165, 1.54) is 0 Å². The van der Waals surface area contributed by atoms with Gasteiger partial charge in [-0.25, -0.2) is 9.78 Å². The number of amides is 3. The van der Waals surface area contributed by atoms with Crippen LogP contribution in [0.25, 0.3) is 22.0 Å². The predicted molar refractivity (Wildman–Crippen MR) is 130 cm³/mol. The Labute approximate surface area is 201 Å². The van der Waals surface area contributed by atoms with Crippen LogP contribution in [0.5, 0.6) is 0 Å². The lowest BCUT2D eigenvalue weighted by molar-refractivity contribution is -0.124. The van der Waals surface area contributed by atoms with Crippen molar-refractivity contribution in [3.8, 4) is 11.1 Å². The fourth-order valence-electron chi connectivity index (χ4n) is 4.46. The first-order valence-electron chi connectivity index (χ1n) is 11.1. The molecule has 3 aromatic rings. The van der Waals surface area contributed by atoms with Crippen molar-refractivity contribution in [2.75, 3.05) is 18.0 Å². The Kier molecular flexibility index (Phi) is 5.57. The summed E-state index contributed by atoms with van der Waals surface area (Å²) < 4.78 is 0. The van der Waals surface area contributed by atoms with Gasteiger partial charge in [0.2, 0.25) is 0 Å². The fraction of sp³-hybridized carbons (Fsp3) is 0.292. The van der Waals surface area contributed by atoms with Crippen molar-refractivity contribution in [2.24, 2.45) is 0 Å². The molecule has 0 bridgehead atoms. The van der Waals surface area contributed by atoms with Crippen LogP contribution in [-0.2, 0) is 4.79 Å². The minimum atomic E-state index is -0.869. The smallest absolute Gasteiger partial charge is 0.322 e. The number of aromatic amines is 1. The molecule has 2 aromatic heterocycles. The van der Waals surface area contributed by atoms with Crippen molar-refractivity contribution in [3.05, 3.63) is 59.1 Å². The quantitative estimate of drug-likeness (QED) is 0.486. The molecule has 3 amide bonds. The van der Waals surface area contributed by atoms with E-state index in [-0.39, 0.29) is 5.91 Å². The highest BCUT2D eigenvalue weighted by molar-refractivity contribution is 6.33. The van der Waals surface area contributed by atoms with Gasteiger partial charge in [-0.3, -0.25) is 20.2 Å². The molecule has 1 spiro atoms. The van der Waals surface area contributed by atoms with Crippen LogP contribution in [0.4, 0.5) is 10.6 Å². The second-order valence-corrected chi connectivity index (χ2v) is 9.02. The molecule has 2 saturated heterocycles. The number of urea groups is 1. The number of carbonyl (C=O) groups is 2. The van der Waals surface area contributed by atoms with Crippen LogP contribution in [0, 0.1) is 13.8 Å². The number of hydrogen-bond acceptors (Lipinski definition) is 6. The highest BCUT2D eigenvalue weighted by Crippen LogP contribution is 2.32. The SMILES string of the molecule is Cc1nc(N2CCC3(CC2)NC(=O)NC3=O)c(Cl)c(C)[nH]ncc1-c1cnc2ccccc2c1. The zero-order chi connectivity index (χ0) is 23.9. The van der Waals surface area contributed by atoms with Gasteiger partial charge in [-0.2, -0.15) is 5.10 Å². The summed E-state index contributed by atoms with van der Waals surface area (Å²) in [5.41, 5.74) is 3.15. The van der Waals surface area contributed by atoms with Crippen LogP contribution in [0.3, 0.4) is 0 Å². The Morgan fingerprint density at radius 3 is 2.59 bits per heavy atom. The number of benzene rings is 1. The van der Waals surface area contributed by atoms with Crippen LogP contribution in [-0.4, -0.2) is 50.7 Å². The molecular weight excluding hydrogens is 454 g/mol. The summed E-state index contributed by atoms with van der Waals surface area (Å²) in [6.45, 7) is 4.77. The van der Waals surface area contributed by atoms with E-state index in [1.54, 1.807) is 6.20 Å². The van der Waals surface area contributed by atoms with Gasteiger partial charge in [-0.1, -0.05) is 29.8 Å². The van der Waals surface area contributed by atoms with Crippen LogP contribution in [0.2, 0.25) is 5.02 Å². The van der Waals surface area contributed by atoms with Gasteiger partial charge in [0.1, 0.15) is 16.4 Å². The largest absolute Gasteiger partial charge is 0.355 e. The van der Waals surface area contributed by atoms with Gasteiger partial charge in [0.25, 0.3) is 5.91 Å². The maximum Gasteiger partial charge on any atom is 0.322 e. The number of aryl methyl sites for hydroxylation is 2. The molecule has 34 heavy (non-hydrogen) atoms. The van der Waals surface area contributed by atoms with Crippen molar-refractivity contribution in [3.63, 3.8) is 0 Å². The highest BCUT2D eigenvalue weighted by atomic mass is 35.5. The van der Waals surface area contributed by atoms with Crippen LogP contribution >= 0.6 is 11.6 Å². The summed E-state index contributed by atoms with van der Waals surface area (Å²) in [5, 5.41) is 14.0. The predicted octanol–water partition coefficient (Wildman–Crippen LogP) is 3.59. The zero-order valence-corrected chi connectivity index (χ0v) is 19.6. The van der Waals surface area contributed by atoms with E-state index in [1.807, 2.05) is 49.2 Å². The van der Waals surface area contributed by atoms with E-state index in [0.717, 1.165) is 27.7 Å². The molecule has 0 atom stereocenters. The number of fused-ring (bicyclic) bond motifs is 1. The van der Waals surface area contributed by atoms with Crippen molar-refractivity contribution in [1.82, 2.24) is 30.8 Å². The molecule has 2 aliphatic heterocycles. The number of pyridine rings is 1. The van der Waals surface area contributed by atoms with E-state index < -0.39 is 11.6 Å². The van der Waals surface area contributed by atoms with Gasteiger partial charge in [-0.05, 0) is 38.8 Å². The Morgan fingerprint density at radius 2 is 1.85 bits per heavy atom. The van der Waals surface area contributed by atoms with Gasteiger partial charge in [0.15, 0.2) is 0 Å². The third-order valence-electron chi connectivity index (χ3n) is 6.45. The molecule has 9 nitrogen and oxygen atoms in total. The molecule has 0 radical (unpaired) electrons. The van der Waals surface area contributed by atoms with E-state index in [2.05, 4.69) is 31.9 Å². The molecule has 4 heterocycles. The van der Waals surface area contributed by atoms with E-state index in [4.69, 9.17) is 16.6 Å². The number of carbonyl (C=O) groups excluding carboxylic acids is 2. The summed E-state index contributed by atoms with van der Waals surface area (Å²) in [6.07, 6.45) is 4.46. The van der Waals surface area contributed by atoms with Crippen molar-refractivity contribution in [1.29, 1.82) is 0 Å². The monoisotopic (exact) mass is 477 g/mol. The number of nitrogens with one attached hydrogen (secondary N) is 3. The fourth-order valence-corrected chi connectivity index (χ4v) is 4.67. The maximum absolute atomic E-state index is 12.3. The average molecular weight is 478 g/mol. The van der Waals surface area contributed by atoms with Gasteiger partial charge < -0.3 is 10.2 Å². The Morgan fingerprint density at radius 1 is 1.09 bits per heavy atom. The molecule has 5 rings (SSSR count). The first kappa shape index (κ1) is 22.1. The zero-order valence-electron chi connectivity index (χ0n) is 18.9. The second-order valence-electron chi connectivity index (χ2n) is 8.64. The number of piperidine rings is 1. The number of hydrogen-bond donors (Lipinski definition) is 3. The summed E-state index contributed by atoms with van der Waals surface area (Å²) in [4.78, 5) is 35.6. The van der Waals surface area contributed by atoms with Crippen LogP contribution in [0.1, 0.15) is 24.2 Å². The van der Waals surface area contributed by atoms with Crippen molar-refractivity contribution in [2.45, 2.75) is 32.2 Å². The molecule has 0 saturated carbocycles. The number of rotatable bonds is 2. The lowest BCUT2D eigenvalue weighted by atomic mass is 9.88. The first-order chi connectivity index (χ1) is 16.4. The summed E-state index contributed by atoms with van der Waals surface area (Å²) in [6, 6.07) is 9.55. The second kappa shape index (κ2) is 8.57. The van der Waals surface area contributed by atoms with Gasteiger partial charge >= 0.3 is 6.03 Å². The summed E-state index contributed by atoms with van der Waals surface area (Å²) >= 11 is 6.74. The average Bonchev–Trinajstić information content (AvgIpc) is 3.13. The van der Waals surface area contributed by atoms with Gasteiger partial charge in [-0.15, -0.1) is 0 Å². The lowest BCUT2D eigenvalue weighted by Gasteiger charge is -2.37. The molecule has 10 heteroatoms. The molecule has 0 aliphatic carbocycles. The van der Waals surface area contributed by atoms with Crippen LogP contribution < -0.4 is 15.5 Å². The third-order valence-corrected chi connectivity index (χ3v) is 6.90. The van der Waals surface area contributed by atoms with E-state index in [0.29, 0.717) is 42.5 Å². The van der Waals surface area contributed by atoms with Crippen molar-refractivity contribution >= 4 is 40.3 Å². The number of halogens is 1. The van der Waals surface area contributed by atoms with Gasteiger partial charge in [0, 0.05) is 41.5 Å². The minimum absolute atomic E-state index is 0.274. The topological polar surface area (TPSA) is 116 Å². The summed E-state index contributed by atoms with van der Waals surface area (Å²) in [7, 11) is 0. The lowest BCUT2D eigenvalue weighted by Crippen LogP contribution is -2.55. The Bertz CT molecular complexity index is 1360. The van der Waals surface area contributed by atoms with E-state index >= 15 is 0 Å². The first-order valence-corrected chi connectivity index (χ1v) is 11.4. The molecule has 174 valence electrons. The summed E-state index contributed by atoms with van der Waals surface area (Å²) in [5.74, 6) is 0.323. The highest BCUT2D eigenvalue weighted by Gasteiger charge is 2.48. The molecule has 2 aliphatic rings. The number of imide groups is 1. The van der Waals surface area contributed by atoms with Crippen molar-refractivity contribution < 1.29 is 9.59 Å². The standard InChI is InChI=1S/C24H24ClN7O2/c1-14-18(17-11-16-5-3-4-6-19(16)26-12-17)13-27-31-15(2)20(25)21(28-14)32-9-7-24(8-10-32)22(33)29-23(34)30-24/h3-6,11-13,31H,7-10H2,1-2H3,(H2,29,30,33,34). The molecule has 3 N–H and O–H groups in total. The molecule has 0 unspecified atom stereocenters. The van der Waals surface area contributed by atoms with Gasteiger partial charge in [0.05, 0.1) is 17.4 Å². The Hall–Kier alpha value is -3.72. The van der Waals surface area contributed by atoms with Crippen LogP contribution in [0.15, 0.2) is 42.7 Å². The molecular formula is C24H24ClN7O2. The molecule has 2 fully saturated rings. The number of aromatic nitrogens is 4. The number of H-pyrrole nitrogens is 1. The number of para-hydroxylation sites is 1. The third kappa shape index (κ3) is 3.92. The maximum atomic E-state index is 12.3. The molecule has 1 aromatic carbocycles. The van der Waals surface area contributed by atoms with E-state index in [9.17, 15) is 9.59 Å².